The molecule has 0 spiro atoms. The Kier molecular flexibility index (Phi) is 5.70. The van der Waals surface area contributed by atoms with E-state index in [0.717, 1.165) is 12.1 Å². The van der Waals surface area contributed by atoms with Gasteiger partial charge in [0.05, 0.1) is 17.8 Å². The van der Waals surface area contributed by atoms with Crippen molar-refractivity contribution in [3.63, 3.8) is 0 Å². The van der Waals surface area contributed by atoms with E-state index in [0.29, 0.717) is 36.7 Å². The zero-order valence-corrected chi connectivity index (χ0v) is 13.0. The van der Waals surface area contributed by atoms with Gasteiger partial charge in [0.15, 0.2) is 5.82 Å². The fourth-order valence-corrected chi connectivity index (χ4v) is 2.54. The largest absolute Gasteiger partial charge is 0.477 e. The molecule has 20 heavy (non-hydrogen) atoms. The molecule has 2 aromatic rings. The number of halogens is 1. The van der Waals surface area contributed by atoms with E-state index in [1.807, 2.05) is 19.4 Å². The maximum atomic E-state index is 5.94. The number of thiazole rings is 1. The number of rotatable bonds is 7. The minimum Gasteiger partial charge on any atom is -0.477 e. The van der Waals surface area contributed by atoms with Gasteiger partial charge in [0.2, 0.25) is 5.88 Å². The van der Waals surface area contributed by atoms with Crippen LogP contribution >= 0.6 is 22.9 Å². The summed E-state index contributed by atoms with van der Waals surface area (Å²) in [5, 5.41) is 0.360. The third-order valence-corrected chi connectivity index (χ3v) is 3.77. The Morgan fingerprint density at radius 3 is 2.90 bits per heavy atom. The lowest BCUT2D eigenvalue weighted by molar-refractivity contribution is 0.127. The van der Waals surface area contributed by atoms with Gasteiger partial charge in [-0.1, -0.05) is 11.6 Å². The number of hydrogen-bond acceptors (Lipinski definition) is 6. The molecule has 7 heteroatoms. The lowest BCUT2D eigenvalue weighted by Gasteiger charge is -2.07. The van der Waals surface area contributed by atoms with Gasteiger partial charge in [-0.05, 0) is 13.8 Å². The number of aromatic nitrogens is 3. The first-order valence-electron chi connectivity index (χ1n) is 6.32. The zero-order valence-electron chi connectivity index (χ0n) is 11.4. The van der Waals surface area contributed by atoms with Crippen molar-refractivity contribution in [2.24, 2.45) is 0 Å². The minimum atomic E-state index is 0.335. The molecule has 0 aliphatic rings. The van der Waals surface area contributed by atoms with Gasteiger partial charge < -0.3 is 9.47 Å². The summed E-state index contributed by atoms with van der Waals surface area (Å²) in [4.78, 5) is 13.8. The zero-order chi connectivity index (χ0) is 14.4. The highest BCUT2D eigenvalue weighted by molar-refractivity contribution is 7.09. The van der Waals surface area contributed by atoms with Crippen molar-refractivity contribution in [1.82, 2.24) is 15.0 Å². The molecular formula is C13H16ClN3O2S. The molecule has 0 atom stereocenters. The first-order valence-corrected chi connectivity index (χ1v) is 7.57. The van der Waals surface area contributed by atoms with Gasteiger partial charge >= 0.3 is 0 Å². The molecule has 2 rings (SSSR count). The van der Waals surface area contributed by atoms with E-state index in [2.05, 4.69) is 15.0 Å². The molecule has 0 N–H and O–H groups in total. The summed E-state index contributed by atoms with van der Waals surface area (Å²) in [6, 6.07) is 1.61. The summed E-state index contributed by atoms with van der Waals surface area (Å²) >= 11 is 7.57. The predicted octanol–water partition coefficient (Wildman–Crippen LogP) is 3.05. The van der Waals surface area contributed by atoms with Crippen LogP contribution in [0.4, 0.5) is 0 Å². The highest BCUT2D eigenvalue weighted by atomic mass is 35.5. The summed E-state index contributed by atoms with van der Waals surface area (Å²) < 4.78 is 10.9. The van der Waals surface area contributed by atoms with Crippen molar-refractivity contribution in [3.8, 4) is 5.88 Å². The average molecular weight is 314 g/mol. The fourth-order valence-electron chi connectivity index (χ4n) is 1.59. The highest BCUT2D eigenvalue weighted by Gasteiger charge is 2.06. The standard InChI is InChI=1S/C13H16ClN3O2S/c1-3-18-7-12-16-11(14)6-13(17-12)19-5-4-10-9(2)15-8-20-10/h6,8H,3-5,7H2,1-2H3. The van der Waals surface area contributed by atoms with Crippen molar-refractivity contribution < 1.29 is 9.47 Å². The van der Waals surface area contributed by atoms with Gasteiger partial charge in [0, 0.05) is 24.0 Å². The van der Waals surface area contributed by atoms with Crippen LogP contribution in [-0.2, 0) is 17.8 Å². The first kappa shape index (κ1) is 15.2. The van der Waals surface area contributed by atoms with Gasteiger partial charge in [-0.25, -0.2) is 9.97 Å². The molecule has 0 unspecified atom stereocenters. The van der Waals surface area contributed by atoms with Crippen molar-refractivity contribution in [2.75, 3.05) is 13.2 Å². The van der Waals surface area contributed by atoms with Crippen LogP contribution in [0, 0.1) is 6.92 Å². The second kappa shape index (κ2) is 7.52. The van der Waals surface area contributed by atoms with Crippen molar-refractivity contribution in [1.29, 1.82) is 0 Å². The molecule has 2 aromatic heterocycles. The molecule has 0 radical (unpaired) electrons. The van der Waals surface area contributed by atoms with Crippen LogP contribution in [0.2, 0.25) is 5.15 Å². The van der Waals surface area contributed by atoms with Crippen LogP contribution in [0.1, 0.15) is 23.3 Å². The molecule has 0 aliphatic heterocycles. The predicted molar refractivity (Wildman–Crippen MR) is 78.4 cm³/mol. The average Bonchev–Trinajstić information content (AvgIpc) is 2.82. The molecule has 0 saturated heterocycles. The molecule has 0 bridgehead atoms. The van der Waals surface area contributed by atoms with Crippen molar-refractivity contribution in [2.45, 2.75) is 26.9 Å². The summed E-state index contributed by atoms with van der Waals surface area (Å²) in [7, 11) is 0. The highest BCUT2D eigenvalue weighted by Crippen LogP contribution is 2.16. The van der Waals surface area contributed by atoms with Crippen molar-refractivity contribution >= 4 is 22.9 Å². The van der Waals surface area contributed by atoms with Crippen LogP contribution < -0.4 is 4.74 Å². The van der Waals surface area contributed by atoms with Gasteiger partial charge in [0.1, 0.15) is 11.8 Å². The normalized spacial score (nSPS) is 10.8. The fraction of sp³-hybridized carbons (Fsp3) is 0.462. The second-order valence-electron chi connectivity index (χ2n) is 4.04. The Labute approximate surface area is 127 Å². The lowest BCUT2D eigenvalue weighted by atomic mass is 10.3. The van der Waals surface area contributed by atoms with Crippen LogP contribution in [0.15, 0.2) is 11.6 Å². The SMILES string of the molecule is CCOCc1nc(Cl)cc(OCCc2scnc2C)n1. The van der Waals surface area contributed by atoms with Gasteiger partial charge in [-0.2, -0.15) is 4.98 Å². The molecule has 0 amide bonds. The van der Waals surface area contributed by atoms with E-state index in [1.54, 1.807) is 17.4 Å². The van der Waals surface area contributed by atoms with Crippen LogP contribution in [0.3, 0.4) is 0 Å². The summed E-state index contributed by atoms with van der Waals surface area (Å²) in [5.74, 6) is 1.00. The minimum absolute atomic E-state index is 0.335. The Morgan fingerprint density at radius 1 is 1.35 bits per heavy atom. The number of nitrogens with zero attached hydrogens (tertiary/aromatic N) is 3. The van der Waals surface area contributed by atoms with Gasteiger partial charge in [0.25, 0.3) is 0 Å². The van der Waals surface area contributed by atoms with Gasteiger partial charge in [-0.15, -0.1) is 11.3 Å². The van der Waals surface area contributed by atoms with E-state index in [9.17, 15) is 0 Å². The maximum Gasteiger partial charge on any atom is 0.218 e. The first-order chi connectivity index (χ1) is 9.69. The molecule has 108 valence electrons. The number of aryl methyl sites for hydroxylation is 1. The topological polar surface area (TPSA) is 57.1 Å². The van der Waals surface area contributed by atoms with E-state index < -0.39 is 0 Å². The third kappa shape index (κ3) is 4.40. The van der Waals surface area contributed by atoms with Crippen LogP contribution in [0.5, 0.6) is 5.88 Å². The maximum absolute atomic E-state index is 5.94. The van der Waals surface area contributed by atoms with E-state index in [1.165, 1.54) is 4.88 Å². The Bertz CT molecular complexity index is 562. The van der Waals surface area contributed by atoms with Gasteiger partial charge in [-0.3, -0.25) is 0 Å². The molecule has 0 saturated carbocycles. The Morgan fingerprint density at radius 2 is 2.20 bits per heavy atom. The molecule has 2 heterocycles. The van der Waals surface area contributed by atoms with Crippen molar-refractivity contribution in [3.05, 3.63) is 33.1 Å². The summed E-state index contributed by atoms with van der Waals surface area (Å²) in [5.41, 5.74) is 2.89. The van der Waals surface area contributed by atoms with Crippen LogP contribution in [-0.4, -0.2) is 28.2 Å². The summed E-state index contributed by atoms with van der Waals surface area (Å²) in [6.45, 7) is 5.38. The summed E-state index contributed by atoms with van der Waals surface area (Å²) in [6.07, 6.45) is 0.804. The molecule has 5 nitrogen and oxygen atoms in total. The molecule has 0 fully saturated rings. The molecule has 0 aromatic carbocycles. The smallest absolute Gasteiger partial charge is 0.218 e. The number of ether oxygens (including phenoxy) is 2. The van der Waals surface area contributed by atoms with Crippen LogP contribution in [0.25, 0.3) is 0 Å². The second-order valence-corrected chi connectivity index (χ2v) is 5.37. The van der Waals surface area contributed by atoms with E-state index >= 15 is 0 Å². The third-order valence-electron chi connectivity index (χ3n) is 2.58. The lowest BCUT2D eigenvalue weighted by Crippen LogP contribution is -2.06. The van der Waals surface area contributed by atoms with E-state index in [-0.39, 0.29) is 0 Å². The number of hydrogen-bond donors (Lipinski definition) is 0. The quantitative estimate of drug-likeness (QED) is 0.735. The van der Waals surface area contributed by atoms with E-state index in [4.69, 9.17) is 21.1 Å². The molecule has 0 aliphatic carbocycles. The monoisotopic (exact) mass is 313 g/mol. The Balaban J connectivity index is 1.91. The molecular weight excluding hydrogens is 298 g/mol. The Hall–Kier alpha value is -1.24.